The summed E-state index contributed by atoms with van der Waals surface area (Å²) in [6, 6.07) is 70.0. The van der Waals surface area contributed by atoms with Gasteiger partial charge in [-0.1, -0.05) is 158 Å². The molecule has 12 rings (SSSR count). The van der Waals surface area contributed by atoms with Crippen molar-refractivity contribution in [1.29, 1.82) is 0 Å². The summed E-state index contributed by atoms with van der Waals surface area (Å²) in [5.41, 5.74) is 10.7. The molecule has 0 atom stereocenters. The third-order valence-electron chi connectivity index (χ3n) is 11.8. The lowest BCUT2D eigenvalue weighted by Gasteiger charge is -2.41. The van der Waals surface area contributed by atoms with Crippen LogP contribution in [0.15, 0.2) is 199 Å². The maximum atomic E-state index is 6.80. The number of furan rings is 1. The molecule has 0 bridgehead atoms. The van der Waals surface area contributed by atoms with Crippen molar-refractivity contribution in [2.24, 2.45) is 0 Å². The van der Waals surface area contributed by atoms with E-state index in [1.807, 2.05) is 11.3 Å². The molecule has 0 spiro atoms. The van der Waals surface area contributed by atoms with E-state index in [0.29, 0.717) is 0 Å². The number of thiophene rings is 1. The summed E-state index contributed by atoms with van der Waals surface area (Å²) in [5, 5.41) is 7.19. The van der Waals surface area contributed by atoms with E-state index in [0.717, 1.165) is 55.5 Å². The molecule has 0 aliphatic carbocycles. The minimum Gasteiger partial charge on any atom is -0.457 e. The Hall–Kier alpha value is -6.94. The van der Waals surface area contributed by atoms with Crippen LogP contribution < -0.4 is 4.74 Å². The third-order valence-corrected chi connectivity index (χ3v) is 12.9. The van der Waals surface area contributed by atoms with Crippen LogP contribution in [0.2, 0.25) is 0 Å². The molecular weight excluding hydrogens is 701 g/mol. The van der Waals surface area contributed by atoms with E-state index in [1.54, 1.807) is 0 Å². The molecule has 0 unspecified atom stereocenters. The standard InChI is InChI=1S/C53H32O2S/c1-3-13-37(14-4-1)53(38-15-5-2-6-16-38)44-19-9-10-20-46(44)54-48-30-34(25-29-45(48)53)35-23-26-41-42-27-24-36(32-50(42)56-49(41)31-35)39-18-11-21-47-51(39)43-28-22-33-12-7-8-17-40(33)52(43)55-47/h1-32H. The molecule has 3 heterocycles. The average molecular weight is 733 g/mol. The van der Waals surface area contributed by atoms with E-state index in [-0.39, 0.29) is 0 Å². The van der Waals surface area contributed by atoms with Gasteiger partial charge in [0.2, 0.25) is 0 Å². The van der Waals surface area contributed by atoms with Gasteiger partial charge in [0, 0.05) is 47.5 Å². The zero-order valence-corrected chi connectivity index (χ0v) is 31.0. The van der Waals surface area contributed by atoms with Crippen molar-refractivity contribution in [3.63, 3.8) is 0 Å². The van der Waals surface area contributed by atoms with Gasteiger partial charge in [0.25, 0.3) is 0 Å². The highest BCUT2D eigenvalue weighted by molar-refractivity contribution is 7.25. The largest absolute Gasteiger partial charge is 0.457 e. The van der Waals surface area contributed by atoms with E-state index >= 15 is 0 Å². The number of para-hydroxylation sites is 1. The second-order valence-corrected chi connectivity index (χ2v) is 15.8. The number of benzene rings is 9. The molecule has 3 heteroatoms. The smallest absolute Gasteiger partial charge is 0.143 e. The van der Waals surface area contributed by atoms with Crippen molar-refractivity contribution in [2.75, 3.05) is 0 Å². The van der Waals surface area contributed by atoms with Crippen molar-refractivity contribution in [3.05, 3.63) is 216 Å². The van der Waals surface area contributed by atoms with Crippen LogP contribution in [0, 0.1) is 0 Å². The Morgan fingerprint density at radius 3 is 1.84 bits per heavy atom. The minimum atomic E-state index is -0.529. The fraction of sp³-hybridized carbons (Fsp3) is 0.0189. The van der Waals surface area contributed by atoms with E-state index in [1.165, 1.54) is 53.4 Å². The summed E-state index contributed by atoms with van der Waals surface area (Å²) < 4.78 is 15.9. The number of ether oxygens (including phenoxy) is 1. The topological polar surface area (TPSA) is 22.4 Å². The Kier molecular flexibility index (Phi) is 6.75. The van der Waals surface area contributed by atoms with Gasteiger partial charge >= 0.3 is 0 Å². The number of hydrogen-bond donors (Lipinski definition) is 0. The number of rotatable bonds is 4. The SMILES string of the molecule is c1ccc(C2(c3ccccc3)c3ccccc3Oc3cc(-c4ccc5c(c4)sc4cc(-c6cccc7oc8c9ccccc9ccc8c67)ccc45)ccc32)cc1. The first-order valence-electron chi connectivity index (χ1n) is 19.1. The molecular formula is C53H32O2S. The Balaban J connectivity index is 0.980. The van der Waals surface area contributed by atoms with Crippen molar-refractivity contribution in [1.82, 2.24) is 0 Å². The normalized spacial score (nSPS) is 13.3. The summed E-state index contributed by atoms with van der Waals surface area (Å²) in [6.07, 6.45) is 0. The Morgan fingerprint density at radius 1 is 0.411 bits per heavy atom. The van der Waals surface area contributed by atoms with Gasteiger partial charge < -0.3 is 9.15 Å². The van der Waals surface area contributed by atoms with Gasteiger partial charge in [-0.15, -0.1) is 11.3 Å². The first-order valence-corrected chi connectivity index (χ1v) is 19.9. The van der Waals surface area contributed by atoms with Crippen molar-refractivity contribution >= 4 is 64.2 Å². The monoisotopic (exact) mass is 732 g/mol. The second-order valence-electron chi connectivity index (χ2n) is 14.8. The van der Waals surface area contributed by atoms with Crippen LogP contribution in [0.25, 0.3) is 75.1 Å². The molecule has 1 aliphatic heterocycles. The Labute approximate surface area is 327 Å². The first kappa shape index (κ1) is 31.4. The molecule has 11 aromatic rings. The zero-order valence-electron chi connectivity index (χ0n) is 30.2. The Bertz CT molecular complexity index is 3300. The zero-order chi connectivity index (χ0) is 36.8. The molecule has 0 radical (unpaired) electrons. The highest BCUT2D eigenvalue weighted by Gasteiger charge is 2.45. The van der Waals surface area contributed by atoms with E-state index in [2.05, 4.69) is 194 Å². The van der Waals surface area contributed by atoms with Gasteiger partial charge in [0.15, 0.2) is 0 Å². The summed E-state index contributed by atoms with van der Waals surface area (Å²) >= 11 is 1.85. The maximum absolute atomic E-state index is 6.80. The van der Waals surface area contributed by atoms with Crippen molar-refractivity contribution < 1.29 is 9.15 Å². The molecule has 2 aromatic heterocycles. The lowest BCUT2D eigenvalue weighted by Crippen LogP contribution is -2.34. The van der Waals surface area contributed by atoms with Gasteiger partial charge in [0.1, 0.15) is 22.7 Å². The molecule has 0 saturated carbocycles. The summed E-state index contributed by atoms with van der Waals surface area (Å²) in [5.74, 6) is 1.76. The first-order chi connectivity index (χ1) is 27.7. The van der Waals surface area contributed by atoms with E-state index in [9.17, 15) is 0 Å². The van der Waals surface area contributed by atoms with E-state index in [4.69, 9.17) is 9.15 Å². The van der Waals surface area contributed by atoms with Gasteiger partial charge in [0.05, 0.1) is 5.41 Å². The predicted molar refractivity (Wildman–Crippen MR) is 233 cm³/mol. The van der Waals surface area contributed by atoms with E-state index < -0.39 is 5.41 Å². The van der Waals surface area contributed by atoms with Crippen molar-refractivity contribution in [2.45, 2.75) is 5.41 Å². The van der Waals surface area contributed by atoms with Crippen LogP contribution in [0.1, 0.15) is 22.3 Å². The molecule has 1 aliphatic rings. The molecule has 0 fully saturated rings. The number of fused-ring (bicyclic) bond motifs is 10. The highest BCUT2D eigenvalue weighted by atomic mass is 32.1. The fourth-order valence-corrected chi connectivity index (χ4v) is 10.5. The van der Waals surface area contributed by atoms with Crippen LogP contribution in [-0.4, -0.2) is 0 Å². The predicted octanol–water partition coefficient (Wildman–Crippen LogP) is 14.9. The van der Waals surface area contributed by atoms with Gasteiger partial charge in [-0.05, 0) is 75.2 Å². The highest BCUT2D eigenvalue weighted by Crippen LogP contribution is 2.56. The van der Waals surface area contributed by atoms with Crippen LogP contribution in [0.5, 0.6) is 11.5 Å². The lowest BCUT2D eigenvalue weighted by atomic mass is 9.63. The quantitative estimate of drug-likeness (QED) is 0.180. The molecule has 0 N–H and O–H groups in total. The van der Waals surface area contributed by atoms with Gasteiger partial charge in [-0.3, -0.25) is 0 Å². The number of hydrogen-bond acceptors (Lipinski definition) is 3. The second kappa shape index (κ2) is 12.0. The lowest BCUT2D eigenvalue weighted by molar-refractivity contribution is 0.435. The molecule has 56 heavy (non-hydrogen) atoms. The third kappa shape index (κ3) is 4.49. The minimum absolute atomic E-state index is 0.529. The molecule has 2 nitrogen and oxygen atoms in total. The maximum Gasteiger partial charge on any atom is 0.143 e. The molecule has 262 valence electrons. The summed E-state index contributed by atoms with van der Waals surface area (Å²) in [6.45, 7) is 0. The Morgan fingerprint density at radius 2 is 1.04 bits per heavy atom. The molecule has 9 aromatic carbocycles. The van der Waals surface area contributed by atoms with Crippen molar-refractivity contribution in [3.8, 4) is 33.8 Å². The molecule has 0 saturated heterocycles. The molecule has 0 amide bonds. The van der Waals surface area contributed by atoms with Crippen LogP contribution in [-0.2, 0) is 5.41 Å². The van der Waals surface area contributed by atoms with Crippen LogP contribution >= 0.6 is 11.3 Å². The van der Waals surface area contributed by atoms with Gasteiger partial charge in [-0.25, -0.2) is 0 Å². The fourth-order valence-electron chi connectivity index (χ4n) is 9.31. The van der Waals surface area contributed by atoms with Crippen LogP contribution in [0.4, 0.5) is 0 Å². The summed E-state index contributed by atoms with van der Waals surface area (Å²) in [7, 11) is 0. The van der Waals surface area contributed by atoms with Gasteiger partial charge in [-0.2, -0.15) is 0 Å². The van der Waals surface area contributed by atoms with Crippen LogP contribution in [0.3, 0.4) is 0 Å². The average Bonchev–Trinajstić information content (AvgIpc) is 3.84. The summed E-state index contributed by atoms with van der Waals surface area (Å²) in [4.78, 5) is 0.